The third-order valence-corrected chi connectivity index (χ3v) is 2.20. The van der Waals surface area contributed by atoms with Crippen LogP contribution in [-0.2, 0) is 9.53 Å². The number of nitrogens with one attached hydrogen (secondary N) is 1. The van der Waals surface area contributed by atoms with Gasteiger partial charge in [0.05, 0.1) is 25.3 Å². The molecule has 0 radical (unpaired) electrons. The van der Waals surface area contributed by atoms with Crippen molar-refractivity contribution < 1.29 is 9.53 Å². The van der Waals surface area contributed by atoms with Crippen LogP contribution in [0.2, 0.25) is 0 Å². The Morgan fingerprint density at radius 2 is 2.58 bits per heavy atom. The Hall–Kier alpha value is -1.01. The molecule has 5 nitrogen and oxygen atoms in total. The molecule has 0 bridgehead atoms. The molecule has 1 fully saturated rings. The summed E-state index contributed by atoms with van der Waals surface area (Å²) in [5.74, 6) is -0.000556. The van der Waals surface area contributed by atoms with Gasteiger partial charge in [-0.15, -0.1) is 5.10 Å². The molecule has 0 spiro atoms. The third kappa shape index (κ3) is 1.44. The lowest BCUT2D eigenvalue weighted by Crippen LogP contribution is -2.38. The van der Waals surface area contributed by atoms with Crippen LogP contribution in [0.25, 0.3) is 0 Å². The van der Waals surface area contributed by atoms with E-state index in [2.05, 4.69) is 14.9 Å². The SMILES string of the molecule is O=C(Nc1cnns1)C1COC1. The molecule has 1 aromatic heterocycles. The van der Waals surface area contributed by atoms with Gasteiger partial charge in [-0.3, -0.25) is 4.79 Å². The van der Waals surface area contributed by atoms with Crippen LogP contribution in [0.5, 0.6) is 0 Å². The van der Waals surface area contributed by atoms with E-state index in [1.54, 1.807) is 0 Å². The van der Waals surface area contributed by atoms with Crippen molar-refractivity contribution >= 4 is 22.4 Å². The Labute approximate surface area is 72.9 Å². The van der Waals surface area contributed by atoms with Crippen molar-refractivity contribution in [3.63, 3.8) is 0 Å². The number of carbonyl (C=O) groups is 1. The summed E-state index contributed by atoms with van der Waals surface area (Å²) in [5, 5.41) is 6.99. The molecule has 1 amide bonds. The van der Waals surface area contributed by atoms with E-state index < -0.39 is 0 Å². The van der Waals surface area contributed by atoms with Crippen molar-refractivity contribution in [1.29, 1.82) is 0 Å². The van der Waals surface area contributed by atoms with Gasteiger partial charge in [0.1, 0.15) is 5.00 Å². The van der Waals surface area contributed by atoms with Crippen molar-refractivity contribution in [2.45, 2.75) is 0 Å². The minimum absolute atomic E-state index is 0.00657. The Bertz CT molecular complexity index is 270. The number of nitrogens with zero attached hydrogens (tertiary/aromatic N) is 2. The first-order valence-electron chi connectivity index (χ1n) is 3.52. The summed E-state index contributed by atoms with van der Waals surface area (Å²) < 4.78 is 8.51. The highest BCUT2D eigenvalue weighted by Crippen LogP contribution is 2.15. The zero-order chi connectivity index (χ0) is 8.39. The average Bonchev–Trinajstić information content (AvgIpc) is 2.34. The number of carbonyl (C=O) groups excluding carboxylic acids is 1. The molecule has 1 aliphatic heterocycles. The maximum absolute atomic E-state index is 11.3. The second kappa shape index (κ2) is 3.16. The van der Waals surface area contributed by atoms with Crippen LogP contribution in [0.3, 0.4) is 0 Å². The van der Waals surface area contributed by atoms with Gasteiger partial charge in [0.15, 0.2) is 0 Å². The number of hydrogen-bond donors (Lipinski definition) is 1. The fraction of sp³-hybridized carbons (Fsp3) is 0.500. The summed E-state index contributed by atoms with van der Waals surface area (Å²) in [6, 6.07) is 0. The fourth-order valence-corrected chi connectivity index (χ4v) is 1.26. The van der Waals surface area contributed by atoms with Crippen LogP contribution >= 0.6 is 11.5 Å². The summed E-state index contributed by atoms with van der Waals surface area (Å²) in [7, 11) is 0. The molecule has 0 atom stereocenters. The molecule has 0 saturated carbocycles. The Balaban J connectivity index is 1.90. The van der Waals surface area contributed by atoms with E-state index in [1.807, 2.05) is 0 Å². The van der Waals surface area contributed by atoms with E-state index in [1.165, 1.54) is 17.7 Å². The van der Waals surface area contributed by atoms with Crippen molar-refractivity contribution in [2.75, 3.05) is 18.5 Å². The van der Waals surface area contributed by atoms with Crippen LogP contribution < -0.4 is 5.32 Å². The Morgan fingerprint density at radius 1 is 1.75 bits per heavy atom. The predicted octanol–water partition coefficient (Wildman–Crippen LogP) is 0.123. The molecule has 12 heavy (non-hydrogen) atoms. The highest BCUT2D eigenvalue weighted by atomic mass is 32.1. The summed E-state index contributed by atoms with van der Waals surface area (Å²) in [5.41, 5.74) is 0. The van der Waals surface area contributed by atoms with Crippen LogP contribution in [0.1, 0.15) is 0 Å². The van der Waals surface area contributed by atoms with Crippen molar-refractivity contribution in [1.82, 2.24) is 9.59 Å². The van der Waals surface area contributed by atoms with Crippen molar-refractivity contribution in [2.24, 2.45) is 5.92 Å². The Morgan fingerprint density at radius 3 is 3.08 bits per heavy atom. The number of rotatable bonds is 2. The highest BCUT2D eigenvalue weighted by molar-refractivity contribution is 7.10. The standard InChI is InChI=1S/C6H7N3O2S/c10-6(4-2-11-3-4)8-5-1-7-9-12-5/h1,4H,2-3H2,(H,8,10). The van der Waals surface area contributed by atoms with Crippen molar-refractivity contribution in [3.8, 4) is 0 Å². The molecule has 1 aromatic rings. The maximum atomic E-state index is 11.3. The van der Waals surface area contributed by atoms with E-state index >= 15 is 0 Å². The second-order valence-corrected chi connectivity index (χ2v) is 3.29. The molecule has 1 N–H and O–H groups in total. The largest absolute Gasteiger partial charge is 0.380 e. The highest BCUT2D eigenvalue weighted by Gasteiger charge is 2.26. The minimum Gasteiger partial charge on any atom is -0.380 e. The van der Waals surface area contributed by atoms with Gasteiger partial charge in [0, 0.05) is 11.5 Å². The van der Waals surface area contributed by atoms with E-state index in [0.717, 1.165) is 0 Å². The molecular weight excluding hydrogens is 178 g/mol. The van der Waals surface area contributed by atoms with Gasteiger partial charge in [-0.2, -0.15) is 0 Å². The van der Waals surface area contributed by atoms with Gasteiger partial charge >= 0.3 is 0 Å². The van der Waals surface area contributed by atoms with Gasteiger partial charge in [-0.05, 0) is 0 Å². The normalized spacial score (nSPS) is 17.0. The number of amides is 1. The second-order valence-electron chi connectivity index (χ2n) is 2.51. The maximum Gasteiger partial charge on any atom is 0.232 e. The monoisotopic (exact) mass is 185 g/mol. The third-order valence-electron chi connectivity index (χ3n) is 1.62. The number of ether oxygens (including phenoxy) is 1. The van der Waals surface area contributed by atoms with E-state index in [9.17, 15) is 4.79 Å². The topological polar surface area (TPSA) is 64.1 Å². The smallest absolute Gasteiger partial charge is 0.232 e. The molecule has 2 rings (SSSR count). The fourth-order valence-electron chi connectivity index (χ4n) is 0.833. The lowest BCUT2D eigenvalue weighted by molar-refractivity contribution is -0.133. The number of hydrogen-bond acceptors (Lipinski definition) is 5. The van der Waals surface area contributed by atoms with Crippen LogP contribution in [-0.4, -0.2) is 28.7 Å². The molecule has 6 heteroatoms. The van der Waals surface area contributed by atoms with Gasteiger partial charge in [0.25, 0.3) is 0 Å². The summed E-state index contributed by atoms with van der Waals surface area (Å²) >= 11 is 1.17. The van der Waals surface area contributed by atoms with Crippen LogP contribution in [0, 0.1) is 5.92 Å². The summed E-state index contributed by atoms with van der Waals surface area (Å²) in [6.07, 6.45) is 1.53. The lowest BCUT2D eigenvalue weighted by atomic mass is 10.1. The molecule has 1 saturated heterocycles. The average molecular weight is 185 g/mol. The predicted molar refractivity (Wildman–Crippen MR) is 42.8 cm³/mol. The molecule has 0 aliphatic carbocycles. The van der Waals surface area contributed by atoms with E-state index in [-0.39, 0.29) is 11.8 Å². The van der Waals surface area contributed by atoms with Crippen molar-refractivity contribution in [3.05, 3.63) is 6.20 Å². The zero-order valence-electron chi connectivity index (χ0n) is 6.19. The Kier molecular flexibility index (Phi) is 2.01. The first kappa shape index (κ1) is 7.63. The van der Waals surface area contributed by atoms with Gasteiger partial charge in [-0.25, -0.2) is 0 Å². The molecule has 1 aliphatic rings. The molecule has 2 heterocycles. The summed E-state index contributed by atoms with van der Waals surface area (Å²) in [6.45, 7) is 1.05. The molecule has 64 valence electrons. The van der Waals surface area contributed by atoms with E-state index in [4.69, 9.17) is 4.74 Å². The summed E-state index contributed by atoms with van der Waals surface area (Å²) in [4.78, 5) is 11.3. The minimum atomic E-state index is -0.00713. The number of anilines is 1. The molecular formula is C6H7N3O2S. The van der Waals surface area contributed by atoms with Gasteiger partial charge in [0.2, 0.25) is 5.91 Å². The van der Waals surface area contributed by atoms with Gasteiger partial charge in [-0.1, -0.05) is 4.49 Å². The number of aromatic nitrogens is 2. The van der Waals surface area contributed by atoms with E-state index in [0.29, 0.717) is 18.2 Å². The molecule has 0 unspecified atom stereocenters. The first-order chi connectivity index (χ1) is 5.86. The van der Waals surface area contributed by atoms with Gasteiger partial charge < -0.3 is 10.1 Å². The van der Waals surface area contributed by atoms with Crippen LogP contribution in [0.4, 0.5) is 5.00 Å². The lowest BCUT2D eigenvalue weighted by Gasteiger charge is -2.23. The quantitative estimate of drug-likeness (QED) is 0.711. The first-order valence-corrected chi connectivity index (χ1v) is 4.29. The zero-order valence-corrected chi connectivity index (χ0v) is 7.00. The van der Waals surface area contributed by atoms with Crippen LogP contribution in [0.15, 0.2) is 6.20 Å². The molecule has 0 aromatic carbocycles.